The molecule has 5 N–H and O–H groups in total. The Bertz CT molecular complexity index is 908. The molecule has 11 heteroatoms. The van der Waals surface area contributed by atoms with Gasteiger partial charge in [-0.25, -0.2) is 9.97 Å². The second-order valence-electron chi connectivity index (χ2n) is 6.04. The van der Waals surface area contributed by atoms with E-state index in [4.69, 9.17) is 15.0 Å². The molecule has 0 radical (unpaired) electrons. The smallest absolute Gasteiger partial charge is 0.214 e. The molecule has 1 unspecified atom stereocenters. The van der Waals surface area contributed by atoms with E-state index in [2.05, 4.69) is 20.1 Å². The molecule has 0 saturated carbocycles. The standard InChI is InChI=1S/C14H16N6O5/c1-14(23)9(22)7(3-21)25-13(14)20-2-6(11-18-5-24-19-11)8-10(15)16-4-17-12(8)20/h2,4-5,7,9,13,21-23H,3H2,1H3,(H2,15,16,17)/t7-,9-,13?,14-/m1/s1. The Kier molecular flexibility index (Phi) is 3.47. The van der Waals surface area contributed by atoms with Crippen molar-refractivity contribution in [3.8, 4) is 11.4 Å². The molecule has 4 atom stereocenters. The summed E-state index contributed by atoms with van der Waals surface area (Å²) in [5, 5.41) is 34.6. The summed E-state index contributed by atoms with van der Waals surface area (Å²) in [5.41, 5.74) is 5.16. The predicted octanol–water partition coefficient (Wildman–Crippen LogP) is -0.935. The second-order valence-corrected chi connectivity index (χ2v) is 6.04. The minimum Gasteiger partial charge on any atom is -0.394 e. The lowest BCUT2D eigenvalue weighted by Gasteiger charge is -2.27. The monoisotopic (exact) mass is 348 g/mol. The van der Waals surface area contributed by atoms with Crippen LogP contribution in [-0.4, -0.2) is 64.4 Å². The summed E-state index contributed by atoms with van der Waals surface area (Å²) in [6, 6.07) is 0. The fraction of sp³-hybridized carbons (Fsp3) is 0.429. The van der Waals surface area contributed by atoms with Gasteiger partial charge in [0.15, 0.2) is 6.23 Å². The van der Waals surface area contributed by atoms with Crippen molar-refractivity contribution in [3.63, 3.8) is 0 Å². The number of aromatic nitrogens is 5. The lowest BCUT2D eigenvalue weighted by Crippen LogP contribution is -2.44. The second kappa shape index (κ2) is 5.46. The number of hydrogen-bond acceptors (Lipinski definition) is 10. The Balaban J connectivity index is 1.93. The third-order valence-electron chi connectivity index (χ3n) is 4.43. The quantitative estimate of drug-likeness (QED) is 0.464. The lowest BCUT2D eigenvalue weighted by molar-refractivity contribution is -0.0948. The van der Waals surface area contributed by atoms with Crippen molar-refractivity contribution in [2.75, 3.05) is 12.3 Å². The highest BCUT2D eigenvalue weighted by Gasteiger charge is 2.53. The van der Waals surface area contributed by atoms with Gasteiger partial charge < -0.3 is 34.9 Å². The van der Waals surface area contributed by atoms with Gasteiger partial charge in [-0.15, -0.1) is 0 Å². The summed E-state index contributed by atoms with van der Waals surface area (Å²) in [5.74, 6) is 0.461. The zero-order valence-corrected chi connectivity index (χ0v) is 13.1. The number of nitrogens with two attached hydrogens (primary N) is 1. The third-order valence-corrected chi connectivity index (χ3v) is 4.43. The molecule has 1 saturated heterocycles. The summed E-state index contributed by atoms with van der Waals surface area (Å²) in [7, 11) is 0. The summed E-state index contributed by atoms with van der Waals surface area (Å²) < 4.78 is 11.9. The number of rotatable bonds is 3. The molecule has 4 heterocycles. The number of nitrogens with zero attached hydrogens (tertiary/aromatic N) is 5. The van der Waals surface area contributed by atoms with Crippen LogP contribution < -0.4 is 5.73 Å². The van der Waals surface area contributed by atoms with Crippen molar-refractivity contribution < 1.29 is 24.6 Å². The zero-order chi connectivity index (χ0) is 17.8. The molecule has 132 valence electrons. The van der Waals surface area contributed by atoms with E-state index in [0.717, 1.165) is 0 Å². The molecule has 0 aromatic carbocycles. The van der Waals surface area contributed by atoms with Crippen molar-refractivity contribution in [1.82, 2.24) is 24.7 Å². The van der Waals surface area contributed by atoms with Gasteiger partial charge in [-0.05, 0) is 6.92 Å². The first-order valence-corrected chi connectivity index (χ1v) is 7.49. The first kappa shape index (κ1) is 15.9. The summed E-state index contributed by atoms with van der Waals surface area (Å²) in [6.45, 7) is 0.976. The summed E-state index contributed by atoms with van der Waals surface area (Å²) in [6.07, 6.45) is 0.797. The van der Waals surface area contributed by atoms with Crippen LogP contribution in [0.5, 0.6) is 0 Å². The van der Waals surface area contributed by atoms with E-state index in [1.165, 1.54) is 24.2 Å². The molecule has 0 amide bonds. The van der Waals surface area contributed by atoms with Crippen molar-refractivity contribution >= 4 is 16.9 Å². The maximum atomic E-state index is 10.7. The first-order valence-electron chi connectivity index (χ1n) is 7.49. The summed E-state index contributed by atoms with van der Waals surface area (Å²) in [4.78, 5) is 12.2. The number of fused-ring (bicyclic) bond motifs is 1. The van der Waals surface area contributed by atoms with E-state index in [-0.39, 0.29) is 11.6 Å². The van der Waals surface area contributed by atoms with Gasteiger partial charge in [-0.1, -0.05) is 5.16 Å². The van der Waals surface area contributed by atoms with Gasteiger partial charge >= 0.3 is 0 Å². The van der Waals surface area contributed by atoms with Gasteiger partial charge in [-0.3, -0.25) is 0 Å². The molecule has 25 heavy (non-hydrogen) atoms. The van der Waals surface area contributed by atoms with Gasteiger partial charge in [0.1, 0.15) is 35.6 Å². The molecule has 3 aromatic rings. The minimum atomic E-state index is -1.67. The Labute approximate surface area is 140 Å². The van der Waals surface area contributed by atoms with Crippen LogP contribution in [0.15, 0.2) is 23.4 Å². The third kappa shape index (κ3) is 2.21. The Morgan fingerprint density at radius 2 is 2.16 bits per heavy atom. The van der Waals surface area contributed by atoms with E-state index in [0.29, 0.717) is 16.6 Å². The van der Waals surface area contributed by atoms with E-state index in [1.54, 1.807) is 6.20 Å². The van der Waals surface area contributed by atoms with Crippen molar-refractivity contribution in [2.45, 2.75) is 31.0 Å². The molecular weight excluding hydrogens is 332 g/mol. The Morgan fingerprint density at radius 3 is 2.80 bits per heavy atom. The number of aliphatic hydroxyl groups excluding tert-OH is 2. The van der Waals surface area contributed by atoms with E-state index in [9.17, 15) is 15.3 Å². The van der Waals surface area contributed by atoms with Gasteiger partial charge in [-0.2, -0.15) is 4.98 Å². The van der Waals surface area contributed by atoms with Crippen LogP contribution in [-0.2, 0) is 4.74 Å². The zero-order valence-electron chi connectivity index (χ0n) is 13.1. The van der Waals surface area contributed by atoms with Gasteiger partial charge in [0.25, 0.3) is 0 Å². The average molecular weight is 348 g/mol. The first-order chi connectivity index (χ1) is 11.9. The SMILES string of the molecule is C[C@]1(O)C(n2cc(-c3ncon3)c3c(N)ncnc32)O[C@H](CO)[C@H]1O. The average Bonchev–Trinajstić information content (AvgIpc) is 3.27. The highest BCUT2D eigenvalue weighted by Crippen LogP contribution is 2.42. The van der Waals surface area contributed by atoms with Crippen LogP contribution in [0.25, 0.3) is 22.4 Å². The highest BCUT2D eigenvalue weighted by atomic mass is 16.6. The molecule has 1 fully saturated rings. The summed E-state index contributed by atoms with van der Waals surface area (Å²) >= 11 is 0. The number of aliphatic hydroxyl groups is 3. The normalized spacial score (nSPS) is 29.5. The van der Waals surface area contributed by atoms with E-state index < -0.39 is 30.6 Å². The predicted molar refractivity (Wildman–Crippen MR) is 82.9 cm³/mol. The molecule has 1 aliphatic rings. The molecule has 4 rings (SSSR count). The number of nitrogen functional groups attached to an aromatic ring is 1. The molecule has 1 aliphatic heterocycles. The molecule has 11 nitrogen and oxygen atoms in total. The van der Waals surface area contributed by atoms with Crippen LogP contribution in [0.1, 0.15) is 13.2 Å². The maximum Gasteiger partial charge on any atom is 0.214 e. The number of anilines is 1. The Morgan fingerprint density at radius 1 is 1.36 bits per heavy atom. The maximum absolute atomic E-state index is 10.7. The van der Waals surface area contributed by atoms with Crippen molar-refractivity contribution in [2.24, 2.45) is 0 Å². The molecular formula is C14H16N6O5. The van der Waals surface area contributed by atoms with Crippen LogP contribution in [0.2, 0.25) is 0 Å². The largest absolute Gasteiger partial charge is 0.394 e. The molecule has 0 aliphatic carbocycles. The molecule has 3 aromatic heterocycles. The molecule has 0 bridgehead atoms. The number of hydrogen-bond donors (Lipinski definition) is 4. The minimum absolute atomic E-state index is 0.195. The van der Waals surface area contributed by atoms with Crippen molar-refractivity contribution in [3.05, 3.63) is 18.9 Å². The lowest BCUT2D eigenvalue weighted by atomic mass is 9.96. The van der Waals surface area contributed by atoms with Crippen molar-refractivity contribution in [1.29, 1.82) is 0 Å². The van der Waals surface area contributed by atoms with Crippen LogP contribution in [0, 0.1) is 0 Å². The topological polar surface area (TPSA) is 166 Å². The number of ether oxygens (including phenoxy) is 1. The van der Waals surface area contributed by atoms with E-state index >= 15 is 0 Å². The van der Waals surface area contributed by atoms with Crippen LogP contribution in [0.4, 0.5) is 5.82 Å². The van der Waals surface area contributed by atoms with Gasteiger partial charge in [0.2, 0.25) is 12.2 Å². The van der Waals surface area contributed by atoms with Crippen LogP contribution in [0.3, 0.4) is 0 Å². The fourth-order valence-electron chi connectivity index (χ4n) is 3.14. The highest BCUT2D eigenvalue weighted by molar-refractivity contribution is 5.99. The fourth-order valence-corrected chi connectivity index (χ4v) is 3.14. The van der Waals surface area contributed by atoms with Gasteiger partial charge in [0.05, 0.1) is 17.6 Å². The van der Waals surface area contributed by atoms with Gasteiger partial charge in [0, 0.05) is 6.20 Å². The molecule has 0 spiro atoms. The Hall–Kier alpha value is -2.60. The van der Waals surface area contributed by atoms with Crippen LogP contribution >= 0.6 is 0 Å². The van der Waals surface area contributed by atoms with E-state index in [1.807, 2.05) is 0 Å².